The number of rotatable bonds is 2. The molecule has 0 amide bonds. The van der Waals surface area contributed by atoms with Crippen LogP contribution in [-0.4, -0.2) is 5.11 Å². The fourth-order valence-electron chi connectivity index (χ4n) is 1.07. The molecule has 0 spiro atoms. The molecule has 1 aromatic rings. The second-order valence-electron chi connectivity index (χ2n) is 2.29. The average molecular weight is 214 g/mol. The summed E-state index contributed by atoms with van der Waals surface area (Å²) in [7, 11) is 0. The van der Waals surface area contributed by atoms with E-state index >= 15 is 0 Å². The molecule has 0 aliphatic rings. The predicted molar refractivity (Wildman–Crippen MR) is 48.9 cm³/mol. The Kier molecular flexibility index (Phi) is 3.09. The van der Waals surface area contributed by atoms with Crippen molar-refractivity contribution in [2.45, 2.75) is 13.3 Å². The number of aliphatic hydroxyl groups excluding tert-OH is 1. The van der Waals surface area contributed by atoms with Gasteiger partial charge in [0.15, 0.2) is 0 Å². The predicted octanol–water partition coefficient (Wildman–Crippen LogP) is 2.89. The first-order valence-corrected chi connectivity index (χ1v) is 4.33. The van der Waals surface area contributed by atoms with Gasteiger partial charge in [-0.15, -0.1) is 0 Å². The second kappa shape index (κ2) is 3.88. The fourth-order valence-corrected chi connectivity index (χ4v) is 1.73. The maximum atomic E-state index is 8.83. The van der Waals surface area contributed by atoms with Crippen molar-refractivity contribution in [1.82, 2.24) is 0 Å². The molecule has 0 saturated carbocycles. The zero-order chi connectivity index (χ0) is 8.27. The van der Waals surface area contributed by atoms with Crippen molar-refractivity contribution in [3.8, 4) is 0 Å². The van der Waals surface area contributed by atoms with Crippen molar-refractivity contribution in [2.75, 3.05) is 0 Å². The molecule has 11 heavy (non-hydrogen) atoms. The van der Waals surface area contributed by atoms with Gasteiger partial charge in [0.25, 0.3) is 0 Å². The summed E-state index contributed by atoms with van der Waals surface area (Å²) in [5.41, 5.74) is 2.04. The monoisotopic (exact) mass is 213 g/mol. The van der Waals surface area contributed by atoms with Gasteiger partial charge in [0.1, 0.15) is 6.61 Å². The molecule has 1 aromatic carbocycles. The van der Waals surface area contributed by atoms with Crippen LogP contribution in [0.15, 0.2) is 22.7 Å². The van der Waals surface area contributed by atoms with Crippen LogP contribution in [0.3, 0.4) is 0 Å². The van der Waals surface area contributed by atoms with E-state index in [1.807, 2.05) is 18.2 Å². The lowest BCUT2D eigenvalue weighted by atomic mass is 10.1. The third-order valence-corrected chi connectivity index (χ3v) is 2.39. The van der Waals surface area contributed by atoms with E-state index in [-0.39, 0.29) is 0 Å². The molecule has 1 nitrogen and oxygen atoms in total. The number of hydrogen-bond acceptors (Lipinski definition) is 1. The van der Waals surface area contributed by atoms with Crippen molar-refractivity contribution in [2.24, 2.45) is 0 Å². The molecular formula is C9H10BrO. The molecular weight excluding hydrogens is 204 g/mol. The Bertz CT molecular complexity index is 245. The largest absolute Gasteiger partial charge is 0.385 e. The Hall–Kier alpha value is -0.340. The highest BCUT2D eigenvalue weighted by Gasteiger charge is 2.02. The summed E-state index contributed by atoms with van der Waals surface area (Å²) < 4.78 is 1.06. The average Bonchev–Trinajstić information content (AvgIpc) is 2.04. The minimum Gasteiger partial charge on any atom is -0.385 e. The second-order valence-corrected chi connectivity index (χ2v) is 3.14. The van der Waals surface area contributed by atoms with Gasteiger partial charge in [-0.1, -0.05) is 35.0 Å². The van der Waals surface area contributed by atoms with Crippen LogP contribution >= 0.6 is 15.9 Å². The number of benzene rings is 1. The van der Waals surface area contributed by atoms with Gasteiger partial charge >= 0.3 is 0 Å². The summed E-state index contributed by atoms with van der Waals surface area (Å²) in [5.74, 6) is 0. The van der Waals surface area contributed by atoms with Crippen molar-refractivity contribution in [3.05, 3.63) is 40.4 Å². The molecule has 0 aromatic heterocycles. The lowest BCUT2D eigenvalue weighted by Crippen LogP contribution is -1.90. The Morgan fingerprint density at radius 3 is 2.73 bits per heavy atom. The van der Waals surface area contributed by atoms with Gasteiger partial charge in [-0.3, -0.25) is 0 Å². The zero-order valence-corrected chi connectivity index (χ0v) is 7.93. The molecule has 0 fully saturated rings. The maximum Gasteiger partial charge on any atom is 0.109 e. The van der Waals surface area contributed by atoms with Gasteiger partial charge in [-0.2, -0.15) is 0 Å². The zero-order valence-electron chi connectivity index (χ0n) is 6.34. The van der Waals surface area contributed by atoms with E-state index in [0.717, 1.165) is 28.6 Å². The van der Waals surface area contributed by atoms with Crippen LogP contribution in [0.2, 0.25) is 0 Å². The molecule has 0 saturated heterocycles. The van der Waals surface area contributed by atoms with Gasteiger partial charge in [-0.05, 0) is 23.6 Å². The van der Waals surface area contributed by atoms with Crippen molar-refractivity contribution >= 4 is 15.9 Å². The van der Waals surface area contributed by atoms with E-state index in [4.69, 9.17) is 5.11 Å². The summed E-state index contributed by atoms with van der Waals surface area (Å²) in [6.07, 6.45) is 0.924. The summed E-state index contributed by atoms with van der Waals surface area (Å²) in [6, 6.07) is 5.78. The van der Waals surface area contributed by atoms with E-state index in [2.05, 4.69) is 22.9 Å². The van der Waals surface area contributed by atoms with Gasteiger partial charge in [-0.25, -0.2) is 0 Å². The first kappa shape index (κ1) is 8.75. The first-order valence-electron chi connectivity index (χ1n) is 3.54. The highest BCUT2D eigenvalue weighted by atomic mass is 79.9. The number of aliphatic hydroxyl groups is 1. The molecule has 59 valence electrons. The summed E-state index contributed by atoms with van der Waals surface area (Å²) >= 11 is 3.42. The van der Waals surface area contributed by atoms with Crippen LogP contribution < -0.4 is 0 Å². The molecule has 0 heterocycles. The molecule has 1 radical (unpaired) electrons. The van der Waals surface area contributed by atoms with Gasteiger partial charge < -0.3 is 5.11 Å². The van der Waals surface area contributed by atoms with Gasteiger partial charge in [0, 0.05) is 4.47 Å². The van der Waals surface area contributed by atoms with Crippen LogP contribution in [0.5, 0.6) is 0 Å². The van der Waals surface area contributed by atoms with Crippen molar-refractivity contribution in [1.29, 1.82) is 0 Å². The number of halogens is 1. The highest BCUT2D eigenvalue weighted by Crippen LogP contribution is 2.21. The van der Waals surface area contributed by atoms with Crippen LogP contribution in [-0.2, 0) is 6.42 Å². The van der Waals surface area contributed by atoms with E-state index in [9.17, 15) is 0 Å². The van der Waals surface area contributed by atoms with Crippen LogP contribution in [0.1, 0.15) is 18.1 Å². The smallest absolute Gasteiger partial charge is 0.109 e. The molecule has 0 atom stereocenters. The van der Waals surface area contributed by atoms with E-state index in [0.29, 0.717) is 0 Å². The fraction of sp³-hybridized carbons (Fsp3) is 0.222. The normalized spacial score (nSPS) is 10.1. The van der Waals surface area contributed by atoms with E-state index in [1.165, 1.54) is 0 Å². The van der Waals surface area contributed by atoms with Crippen LogP contribution in [0.25, 0.3) is 0 Å². The lowest BCUT2D eigenvalue weighted by Gasteiger charge is -2.05. The molecule has 0 aliphatic carbocycles. The maximum absolute atomic E-state index is 8.83. The van der Waals surface area contributed by atoms with Crippen LogP contribution in [0.4, 0.5) is 0 Å². The minimum absolute atomic E-state index is 0.891. The number of hydrogen-bond donors (Lipinski definition) is 1. The Morgan fingerprint density at radius 2 is 2.27 bits per heavy atom. The summed E-state index contributed by atoms with van der Waals surface area (Å²) in [5, 5.41) is 8.83. The van der Waals surface area contributed by atoms with Crippen molar-refractivity contribution in [3.63, 3.8) is 0 Å². The van der Waals surface area contributed by atoms with Crippen LogP contribution in [0, 0.1) is 6.61 Å². The standard InChI is InChI=1S/C9H10BrO/c1-2-8-7(6-11)4-3-5-9(8)10/h3-6,11H,2H2,1H3. The van der Waals surface area contributed by atoms with E-state index in [1.54, 1.807) is 0 Å². The first-order chi connectivity index (χ1) is 5.29. The van der Waals surface area contributed by atoms with Gasteiger partial charge in [0.05, 0.1) is 0 Å². The topological polar surface area (TPSA) is 20.2 Å². The molecule has 1 N–H and O–H groups in total. The molecule has 0 bridgehead atoms. The van der Waals surface area contributed by atoms with E-state index < -0.39 is 0 Å². The highest BCUT2D eigenvalue weighted by molar-refractivity contribution is 9.10. The lowest BCUT2D eigenvalue weighted by molar-refractivity contribution is 0.413. The quantitative estimate of drug-likeness (QED) is 0.802. The summed E-state index contributed by atoms with van der Waals surface area (Å²) in [6.45, 7) is 3.21. The van der Waals surface area contributed by atoms with Gasteiger partial charge in [0.2, 0.25) is 0 Å². The Morgan fingerprint density at radius 1 is 1.55 bits per heavy atom. The third kappa shape index (κ3) is 1.82. The Balaban J connectivity index is 3.13. The SMILES string of the molecule is CCc1c(Br)cccc1[CH]O. The molecule has 0 unspecified atom stereocenters. The molecule has 1 rings (SSSR count). The minimum atomic E-state index is 0.891. The third-order valence-electron chi connectivity index (χ3n) is 1.65. The molecule has 0 aliphatic heterocycles. The Labute approximate surface area is 75.2 Å². The molecule has 2 heteroatoms. The van der Waals surface area contributed by atoms with Crippen molar-refractivity contribution < 1.29 is 5.11 Å². The summed E-state index contributed by atoms with van der Waals surface area (Å²) in [4.78, 5) is 0.